The van der Waals surface area contributed by atoms with Gasteiger partial charge < -0.3 is 10.5 Å². The van der Waals surface area contributed by atoms with Gasteiger partial charge in [-0.15, -0.1) is 0 Å². The second-order valence-corrected chi connectivity index (χ2v) is 7.81. The van der Waals surface area contributed by atoms with Crippen LogP contribution in [0.4, 0.5) is 0 Å². The Morgan fingerprint density at radius 2 is 1.85 bits per heavy atom. The van der Waals surface area contributed by atoms with Crippen molar-refractivity contribution in [2.75, 3.05) is 12.4 Å². The summed E-state index contributed by atoms with van der Waals surface area (Å²) in [4.78, 5) is 0.266. The third-order valence-corrected chi connectivity index (χ3v) is 5.70. The van der Waals surface area contributed by atoms with Crippen molar-refractivity contribution in [1.29, 1.82) is 0 Å². The fourth-order valence-corrected chi connectivity index (χ4v) is 3.63. The predicted octanol–water partition coefficient (Wildman–Crippen LogP) is 2.52. The minimum absolute atomic E-state index is 0.0706. The molecule has 0 amide bonds. The number of ether oxygens (including phenoxy) is 1. The van der Waals surface area contributed by atoms with Crippen LogP contribution in [0.15, 0.2) is 29.2 Å². The van der Waals surface area contributed by atoms with Crippen LogP contribution in [0.25, 0.3) is 0 Å². The zero-order valence-electron chi connectivity index (χ0n) is 12.0. The third-order valence-electron chi connectivity index (χ3n) is 3.93. The zero-order chi connectivity index (χ0) is 14.6. The van der Waals surface area contributed by atoms with E-state index in [1.54, 1.807) is 31.2 Å². The van der Waals surface area contributed by atoms with Crippen LogP contribution in [0.1, 0.15) is 39.0 Å². The van der Waals surface area contributed by atoms with Gasteiger partial charge in [-0.2, -0.15) is 0 Å². The average Bonchev–Trinajstić information content (AvgIpc) is 2.46. The molecule has 112 valence electrons. The number of nitrogens with two attached hydrogens (primary N) is 1. The minimum atomic E-state index is -3.27. The summed E-state index contributed by atoms with van der Waals surface area (Å²) in [6, 6.07) is 6.80. The Labute approximate surface area is 121 Å². The van der Waals surface area contributed by atoms with Gasteiger partial charge in [0.2, 0.25) is 0 Å². The number of hydrogen-bond donors (Lipinski definition) is 1. The molecule has 0 aliphatic heterocycles. The van der Waals surface area contributed by atoms with Crippen LogP contribution < -0.4 is 10.5 Å². The van der Waals surface area contributed by atoms with Gasteiger partial charge in [-0.25, -0.2) is 8.42 Å². The standard InChI is InChI=1S/C15H23NO3S/c1-2-20(17,18)14-9-5-4-8-13(14)19-12-15(16)10-6-3-7-11-15/h4-5,8-9H,2-3,6-7,10-12,16H2,1H3. The van der Waals surface area contributed by atoms with Crippen molar-refractivity contribution in [3.63, 3.8) is 0 Å². The quantitative estimate of drug-likeness (QED) is 0.906. The van der Waals surface area contributed by atoms with E-state index >= 15 is 0 Å². The maximum Gasteiger partial charge on any atom is 0.181 e. The topological polar surface area (TPSA) is 69.4 Å². The van der Waals surface area contributed by atoms with Gasteiger partial charge in [0.25, 0.3) is 0 Å². The van der Waals surface area contributed by atoms with E-state index in [9.17, 15) is 8.42 Å². The van der Waals surface area contributed by atoms with Crippen LogP contribution in [-0.2, 0) is 9.84 Å². The van der Waals surface area contributed by atoms with Crippen molar-refractivity contribution < 1.29 is 13.2 Å². The normalized spacial score (nSPS) is 18.7. The smallest absolute Gasteiger partial charge is 0.181 e. The van der Waals surface area contributed by atoms with Crippen LogP contribution in [0.5, 0.6) is 5.75 Å². The van der Waals surface area contributed by atoms with Gasteiger partial charge in [-0.1, -0.05) is 38.3 Å². The Morgan fingerprint density at radius 3 is 2.50 bits per heavy atom. The van der Waals surface area contributed by atoms with E-state index < -0.39 is 9.84 Å². The summed E-state index contributed by atoms with van der Waals surface area (Å²) in [7, 11) is -3.27. The van der Waals surface area contributed by atoms with E-state index in [2.05, 4.69) is 0 Å². The summed E-state index contributed by atoms with van der Waals surface area (Å²) in [6.45, 7) is 2.01. The lowest BCUT2D eigenvalue weighted by atomic mass is 9.83. The molecule has 0 bridgehead atoms. The first-order valence-electron chi connectivity index (χ1n) is 7.20. The molecule has 0 aromatic heterocycles. The maximum absolute atomic E-state index is 12.0. The summed E-state index contributed by atoms with van der Waals surface area (Å²) in [6.07, 6.45) is 5.34. The molecule has 2 N–H and O–H groups in total. The molecule has 0 heterocycles. The summed E-state index contributed by atoms with van der Waals surface area (Å²) >= 11 is 0. The Balaban J connectivity index is 2.14. The Hall–Kier alpha value is -1.07. The number of rotatable bonds is 5. The molecule has 1 aliphatic rings. The van der Waals surface area contributed by atoms with Crippen molar-refractivity contribution in [3.05, 3.63) is 24.3 Å². The first-order valence-corrected chi connectivity index (χ1v) is 8.85. The van der Waals surface area contributed by atoms with Gasteiger partial charge in [0, 0.05) is 0 Å². The van der Waals surface area contributed by atoms with Crippen molar-refractivity contribution in [2.45, 2.75) is 49.5 Å². The minimum Gasteiger partial charge on any atom is -0.490 e. The molecule has 0 spiro atoms. The molecular formula is C15H23NO3S. The van der Waals surface area contributed by atoms with Crippen LogP contribution >= 0.6 is 0 Å². The lowest BCUT2D eigenvalue weighted by molar-refractivity contribution is 0.171. The molecule has 0 unspecified atom stereocenters. The van der Waals surface area contributed by atoms with Gasteiger partial charge in [0.15, 0.2) is 9.84 Å². The monoisotopic (exact) mass is 297 g/mol. The summed E-state index contributed by atoms with van der Waals surface area (Å²) in [5, 5.41) is 0. The van der Waals surface area contributed by atoms with Crippen LogP contribution in [0.2, 0.25) is 0 Å². The molecule has 20 heavy (non-hydrogen) atoms. The number of hydrogen-bond acceptors (Lipinski definition) is 4. The molecule has 1 fully saturated rings. The van der Waals surface area contributed by atoms with E-state index in [1.165, 1.54) is 6.42 Å². The van der Waals surface area contributed by atoms with Crippen LogP contribution in [-0.4, -0.2) is 26.3 Å². The molecule has 4 nitrogen and oxygen atoms in total. The van der Waals surface area contributed by atoms with Crippen molar-refractivity contribution >= 4 is 9.84 Å². The van der Waals surface area contributed by atoms with Gasteiger partial charge in [0.1, 0.15) is 17.3 Å². The largest absolute Gasteiger partial charge is 0.490 e. The second-order valence-electron chi connectivity index (χ2n) is 5.56. The zero-order valence-corrected chi connectivity index (χ0v) is 12.8. The highest BCUT2D eigenvalue weighted by Crippen LogP contribution is 2.29. The van der Waals surface area contributed by atoms with E-state index in [0.717, 1.165) is 25.7 Å². The lowest BCUT2D eigenvalue weighted by Gasteiger charge is -2.33. The Morgan fingerprint density at radius 1 is 1.20 bits per heavy atom. The van der Waals surface area contributed by atoms with Crippen LogP contribution in [0.3, 0.4) is 0 Å². The molecular weight excluding hydrogens is 274 g/mol. The summed E-state index contributed by atoms with van der Waals surface area (Å²) in [5.41, 5.74) is 6.01. The highest BCUT2D eigenvalue weighted by molar-refractivity contribution is 7.91. The SMILES string of the molecule is CCS(=O)(=O)c1ccccc1OCC1(N)CCCCC1. The maximum atomic E-state index is 12.0. The number of para-hydroxylation sites is 1. The lowest BCUT2D eigenvalue weighted by Crippen LogP contribution is -2.47. The van der Waals surface area contributed by atoms with Crippen molar-refractivity contribution in [1.82, 2.24) is 0 Å². The highest BCUT2D eigenvalue weighted by atomic mass is 32.2. The molecule has 1 saturated carbocycles. The fraction of sp³-hybridized carbons (Fsp3) is 0.600. The molecule has 0 radical (unpaired) electrons. The number of benzene rings is 1. The Kier molecular flexibility index (Phi) is 4.70. The van der Waals surface area contributed by atoms with Gasteiger partial charge in [0.05, 0.1) is 11.3 Å². The first-order chi connectivity index (χ1) is 9.47. The highest BCUT2D eigenvalue weighted by Gasteiger charge is 2.29. The van der Waals surface area contributed by atoms with Gasteiger partial charge in [-0.05, 0) is 25.0 Å². The summed E-state index contributed by atoms with van der Waals surface area (Å²) < 4.78 is 29.8. The number of sulfone groups is 1. The summed E-state index contributed by atoms with van der Waals surface area (Å²) in [5.74, 6) is 0.492. The predicted molar refractivity (Wildman–Crippen MR) is 79.7 cm³/mol. The molecule has 5 heteroatoms. The van der Waals surface area contributed by atoms with Crippen molar-refractivity contribution in [2.24, 2.45) is 5.73 Å². The molecule has 2 rings (SSSR count). The van der Waals surface area contributed by atoms with E-state index in [4.69, 9.17) is 10.5 Å². The van der Waals surface area contributed by atoms with E-state index in [1.807, 2.05) is 0 Å². The molecule has 1 aromatic carbocycles. The van der Waals surface area contributed by atoms with Gasteiger partial charge >= 0.3 is 0 Å². The van der Waals surface area contributed by atoms with E-state index in [-0.39, 0.29) is 16.2 Å². The first kappa shape index (κ1) is 15.3. The van der Waals surface area contributed by atoms with Crippen molar-refractivity contribution in [3.8, 4) is 5.75 Å². The second kappa shape index (κ2) is 6.14. The fourth-order valence-electron chi connectivity index (χ4n) is 2.60. The molecule has 0 saturated heterocycles. The third kappa shape index (κ3) is 3.52. The Bertz CT molecular complexity index is 548. The van der Waals surface area contributed by atoms with Gasteiger partial charge in [-0.3, -0.25) is 0 Å². The molecule has 1 aliphatic carbocycles. The van der Waals surface area contributed by atoms with E-state index in [0.29, 0.717) is 12.4 Å². The average molecular weight is 297 g/mol. The molecule has 0 atom stereocenters. The molecule has 1 aromatic rings. The van der Waals surface area contributed by atoms with Crippen LogP contribution in [0, 0.1) is 0 Å².